The van der Waals surface area contributed by atoms with Gasteiger partial charge in [0.05, 0.1) is 18.5 Å². The van der Waals surface area contributed by atoms with Gasteiger partial charge in [0.25, 0.3) is 5.69 Å². The van der Waals surface area contributed by atoms with Crippen LogP contribution in [-0.2, 0) is 9.53 Å². The standard InChI is InChI=1S/C11H13ClN2O4/c1-13(6-5-11(15)18-2)10-7-8(12)3-4-9(10)14(16)17/h3-4,7H,5-6H2,1-2H3. The van der Waals surface area contributed by atoms with Gasteiger partial charge in [-0.3, -0.25) is 14.9 Å². The van der Waals surface area contributed by atoms with E-state index in [-0.39, 0.29) is 18.1 Å². The van der Waals surface area contributed by atoms with E-state index in [1.807, 2.05) is 0 Å². The largest absolute Gasteiger partial charge is 0.469 e. The van der Waals surface area contributed by atoms with Crippen molar-refractivity contribution >= 4 is 28.9 Å². The van der Waals surface area contributed by atoms with Crippen LogP contribution in [0.4, 0.5) is 11.4 Å². The van der Waals surface area contributed by atoms with E-state index in [0.717, 1.165) is 0 Å². The number of rotatable bonds is 5. The van der Waals surface area contributed by atoms with E-state index in [1.54, 1.807) is 11.9 Å². The van der Waals surface area contributed by atoms with Crippen LogP contribution in [0.2, 0.25) is 5.02 Å². The van der Waals surface area contributed by atoms with Crippen molar-refractivity contribution < 1.29 is 14.5 Å². The van der Waals surface area contributed by atoms with Gasteiger partial charge in [0.15, 0.2) is 0 Å². The summed E-state index contributed by atoms with van der Waals surface area (Å²) >= 11 is 5.81. The molecule has 0 unspecified atom stereocenters. The number of esters is 1. The van der Waals surface area contributed by atoms with Gasteiger partial charge in [0.2, 0.25) is 0 Å². The van der Waals surface area contributed by atoms with Crippen molar-refractivity contribution in [2.75, 3.05) is 25.6 Å². The number of nitrogens with zero attached hydrogens (tertiary/aromatic N) is 2. The molecule has 0 heterocycles. The van der Waals surface area contributed by atoms with Crippen LogP contribution in [0.3, 0.4) is 0 Å². The molecule has 0 aliphatic heterocycles. The Labute approximate surface area is 109 Å². The van der Waals surface area contributed by atoms with Crippen molar-refractivity contribution in [2.45, 2.75) is 6.42 Å². The van der Waals surface area contributed by atoms with Gasteiger partial charge in [-0.15, -0.1) is 0 Å². The Morgan fingerprint density at radius 3 is 2.78 bits per heavy atom. The van der Waals surface area contributed by atoms with Crippen LogP contribution >= 0.6 is 11.6 Å². The SMILES string of the molecule is COC(=O)CCN(C)c1cc(Cl)ccc1[N+](=O)[O-]. The number of hydrogen-bond donors (Lipinski definition) is 0. The van der Waals surface area contributed by atoms with Gasteiger partial charge in [-0.2, -0.15) is 0 Å². The van der Waals surface area contributed by atoms with Crippen molar-refractivity contribution in [1.82, 2.24) is 0 Å². The van der Waals surface area contributed by atoms with Gasteiger partial charge in [0.1, 0.15) is 5.69 Å². The van der Waals surface area contributed by atoms with Gasteiger partial charge >= 0.3 is 5.97 Å². The molecule has 1 rings (SSSR count). The van der Waals surface area contributed by atoms with Crippen molar-refractivity contribution in [3.8, 4) is 0 Å². The zero-order valence-corrected chi connectivity index (χ0v) is 10.8. The maximum atomic E-state index is 11.0. The Balaban J connectivity index is 2.89. The zero-order valence-electron chi connectivity index (χ0n) is 10.1. The van der Waals surface area contributed by atoms with E-state index in [1.165, 1.54) is 25.3 Å². The topological polar surface area (TPSA) is 72.7 Å². The molecule has 7 heteroatoms. The Morgan fingerprint density at radius 1 is 1.56 bits per heavy atom. The van der Waals surface area contributed by atoms with E-state index in [9.17, 15) is 14.9 Å². The molecule has 1 aromatic carbocycles. The number of carbonyl (C=O) groups is 1. The summed E-state index contributed by atoms with van der Waals surface area (Å²) in [5.74, 6) is -0.369. The molecule has 0 saturated carbocycles. The fourth-order valence-electron chi connectivity index (χ4n) is 1.44. The summed E-state index contributed by atoms with van der Waals surface area (Å²) in [7, 11) is 2.95. The first-order valence-electron chi connectivity index (χ1n) is 5.17. The second-order valence-corrected chi connectivity index (χ2v) is 4.07. The normalized spacial score (nSPS) is 9.94. The first-order valence-corrected chi connectivity index (χ1v) is 5.55. The lowest BCUT2D eigenvalue weighted by Gasteiger charge is -2.18. The van der Waals surface area contributed by atoms with Gasteiger partial charge in [-0.1, -0.05) is 11.6 Å². The fraction of sp³-hybridized carbons (Fsp3) is 0.364. The average molecular weight is 273 g/mol. The molecule has 0 aromatic heterocycles. The highest BCUT2D eigenvalue weighted by Crippen LogP contribution is 2.30. The molecule has 18 heavy (non-hydrogen) atoms. The van der Waals surface area contributed by atoms with Crippen LogP contribution in [0, 0.1) is 10.1 Å². The molecule has 0 saturated heterocycles. The summed E-state index contributed by atoms with van der Waals surface area (Å²) in [6.07, 6.45) is 0.149. The third kappa shape index (κ3) is 3.59. The van der Waals surface area contributed by atoms with Crippen LogP contribution in [0.15, 0.2) is 18.2 Å². The van der Waals surface area contributed by atoms with Crippen molar-refractivity contribution in [3.63, 3.8) is 0 Å². The molecule has 1 aromatic rings. The fourth-order valence-corrected chi connectivity index (χ4v) is 1.60. The van der Waals surface area contributed by atoms with E-state index < -0.39 is 4.92 Å². The quantitative estimate of drug-likeness (QED) is 0.467. The molecule has 0 amide bonds. The van der Waals surface area contributed by atoms with Gasteiger partial charge < -0.3 is 9.64 Å². The zero-order chi connectivity index (χ0) is 13.7. The molecule has 0 aliphatic carbocycles. The predicted molar refractivity (Wildman–Crippen MR) is 68.0 cm³/mol. The first-order chi connectivity index (χ1) is 8.45. The van der Waals surface area contributed by atoms with Crippen LogP contribution in [0.1, 0.15) is 6.42 Å². The minimum absolute atomic E-state index is 0.0493. The van der Waals surface area contributed by atoms with E-state index in [2.05, 4.69) is 4.74 Å². The van der Waals surface area contributed by atoms with Crippen LogP contribution in [0.25, 0.3) is 0 Å². The smallest absolute Gasteiger partial charge is 0.307 e. The van der Waals surface area contributed by atoms with Gasteiger partial charge in [0, 0.05) is 24.7 Å². The lowest BCUT2D eigenvalue weighted by molar-refractivity contribution is -0.384. The summed E-state index contributed by atoms with van der Waals surface area (Å²) < 4.78 is 4.51. The lowest BCUT2D eigenvalue weighted by atomic mass is 10.2. The van der Waals surface area contributed by atoms with Crippen molar-refractivity contribution in [2.24, 2.45) is 0 Å². The number of nitro groups is 1. The van der Waals surface area contributed by atoms with Gasteiger partial charge in [-0.25, -0.2) is 0 Å². The molecule has 98 valence electrons. The third-order valence-corrected chi connectivity index (χ3v) is 2.66. The van der Waals surface area contributed by atoms with Crippen LogP contribution < -0.4 is 4.90 Å². The van der Waals surface area contributed by atoms with E-state index in [4.69, 9.17) is 11.6 Å². The number of halogens is 1. The highest BCUT2D eigenvalue weighted by atomic mass is 35.5. The molecule has 0 bridgehead atoms. The van der Waals surface area contributed by atoms with Crippen LogP contribution in [0.5, 0.6) is 0 Å². The summed E-state index contributed by atoms with van der Waals surface area (Å²) in [5, 5.41) is 11.3. The summed E-state index contributed by atoms with van der Waals surface area (Å²) in [6, 6.07) is 4.29. The third-order valence-electron chi connectivity index (χ3n) is 2.42. The number of methoxy groups -OCH3 is 1. The number of ether oxygens (including phenoxy) is 1. The second kappa shape index (κ2) is 6.20. The van der Waals surface area contributed by atoms with Crippen molar-refractivity contribution in [1.29, 1.82) is 0 Å². The molecule has 0 radical (unpaired) electrons. The maximum Gasteiger partial charge on any atom is 0.307 e. The van der Waals surface area contributed by atoms with Crippen molar-refractivity contribution in [3.05, 3.63) is 33.3 Å². The molecule has 0 atom stereocenters. The summed E-state index contributed by atoms with van der Waals surface area (Å²) in [6.45, 7) is 0.313. The Kier molecular flexibility index (Phi) is 4.91. The average Bonchev–Trinajstić information content (AvgIpc) is 2.34. The molecule has 0 N–H and O–H groups in total. The number of benzene rings is 1. The molecular weight excluding hydrogens is 260 g/mol. The number of hydrogen-bond acceptors (Lipinski definition) is 5. The Bertz CT molecular complexity index is 464. The van der Waals surface area contributed by atoms with Gasteiger partial charge in [-0.05, 0) is 12.1 Å². The Morgan fingerprint density at radius 2 is 2.22 bits per heavy atom. The maximum absolute atomic E-state index is 11.0. The molecule has 6 nitrogen and oxygen atoms in total. The number of nitro benzene ring substituents is 1. The molecule has 0 fully saturated rings. The number of carbonyl (C=O) groups excluding carboxylic acids is 1. The Hall–Kier alpha value is -1.82. The monoisotopic (exact) mass is 272 g/mol. The molecule has 0 spiro atoms. The molecular formula is C11H13ClN2O4. The molecule has 0 aliphatic rings. The summed E-state index contributed by atoms with van der Waals surface area (Å²) in [4.78, 5) is 23.0. The minimum Gasteiger partial charge on any atom is -0.469 e. The predicted octanol–water partition coefficient (Wildman–Crippen LogP) is 2.25. The highest BCUT2D eigenvalue weighted by molar-refractivity contribution is 6.31. The van der Waals surface area contributed by atoms with Crippen LogP contribution in [-0.4, -0.2) is 31.6 Å². The first kappa shape index (κ1) is 14.2. The second-order valence-electron chi connectivity index (χ2n) is 3.64. The van der Waals surface area contributed by atoms with E-state index >= 15 is 0 Å². The number of anilines is 1. The highest BCUT2D eigenvalue weighted by Gasteiger charge is 2.18. The minimum atomic E-state index is -0.486. The summed E-state index contributed by atoms with van der Waals surface area (Å²) in [5.41, 5.74) is 0.322. The van der Waals surface area contributed by atoms with E-state index in [0.29, 0.717) is 17.3 Å². The lowest BCUT2D eigenvalue weighted by Crippen LogP contribution is -2.22.